The number of furan rings is 1. The highest BCUT2D eigenvalue weighted by molar-refractivity contribution is 6.14. The van der Waals surface area contributed by atoms with E-state index in [-0.39, 0.29) is 0 Å². The van der Waals surface area contributed by atoms with Gasteiger partial charge in [-0.2, -0.15) is 0 Å². The molecule has 1 aliphatic carbocycles. The van der Waals surface area contributed by atoms with Crippen molar-refractivity contribution < 1.29 is 4.42 Å². The van der Waals surface area contributed by atoms with Crippen molar-refractivity contribution in [2.45, 2.75) is 116 Å². The molecule has 0 radical (unpaired) electrons. The van der Waals surface area contributed by atoms with Gasteiger partial charge in [0.05, 0.1) is 11.0 Å². The first-order valence-electron chi connectivity index (χ1n) is 25.3. The number of aromatic nitrogens is 1. The molecule has 0 saturated heterocycles. The van der Waals surface area contributed by atoms with Crippen LogP contribution in [0, 0.1) is 13.8 Å². The van der Waals surface area contributed by atoms with Gasteiger partial charge in [-0.25, -0.2) is 0 Å². The molecule has 0 amide bonds. The molecule has 2 aromatic heterocycles. The van der Waals surface area contributed by atoms with Gasteiger partial charge in [-0.1, -0.05) is 211 Å². The Bertz CT molecular complexity index is 2990. The van der Waals surface area contributed by atoms with Crippen LogP contribution in [0.3, 0.4) is 0 Å². The maximum Gasteiger partial charge on any atom is 0.135 e. The van der Waals surface area contributed by atoms with Crippen LogP contribution < -0.4 is 0 Å². The maximum atomic E-state index is 6.07. The van der Waals surface area contributed by atoms with Gasteiger partial charge in [0, 0.05) is 27.6 Å². The van der Waals surface area contributed by atoms with Gasteiger partial charge in [0.2, 0.25) is 0 Å². The molecule has 0 N–H and O–H groups in total. The van der Waals surface area contributed by atoms with E-state index in [1.54, 1.807) is 0 Å². The minimum atomic E-state index is 0.942. The summed E-state index contributed by atoms with van der Waals surface area (Å²) in [5.41, 5.74) is 15.1. The molecular weight excluding hydrogens is 835 g/mol. The fourth-order valence-corrected chi connectivity index (χ4v) is 7.98. The minimum Gasteiger partial charge on any atom is -0.456 e. The van der Waals surface area contributed by atoms with Crippen LogP contribution >= 0.6 is 0 Å². The summed E-state index contributed by atoms with van der Waals surface area (Å²) in [6.45, 7) is 27.2. The number of rotatable bonds is 7. The van der Waals surface area contributed by atoms with Crippen LogP contribution in [0.2, 0.25) is 0 Å². The predicted octanol–water partition coefficient (Wildman–Crippen LogP) is 21.1. The molecule has 8 aromatic rings. The Morgan fingerprint density at radius 2 is 1.23 bits per heavy atom. The quantitative estimate of drug-likeness (QED) is 0.146. The summed E-state index contributed by atoms with van der Waals surface area (Å²) in [6.07, 6.45) is 27.9. The number of benzene rings is 6. The van der Waals surface area contributed by atoms with Gasteiger partial charge in [-0.05, 0) is 148 Å². The fourth-order valence-electron chi connectivity index (χ4n) is 7.98. The first-order valence-corrected chi connectivity index (χ1v) is 25.3. The molecule has 0 bridgehead atoms. The van der Waals surface area contributed by atoms with E-state index in [9.17, 15) is 0 Å². The van der Waals surface area contributed by atoms with Gasteiger partial charge in [0.25, 0.3) is 0 Å². The zero-order valence-electron chi connectivity index (χ0n) is 44.2. The third-order valence-corrected chi connectivity index (χ3v) is 11.0. The van der Waals surface area contributed by atoms with E-state index in [0.717, 1.165) is 24.4 Å². The molecule has 358 valence electrons. The van der Waals surface area contributed by atoms with Crippen LogP contribution in [0.1, 0.15) is 140 Å². The molecule has 0 saturated carbocycles. The number of para-hydroxylation sites is 1. The summed E-state index contributed by atoms with van der Waals surface area (Å²) in [4.78, 5) is 0. The van der Waals surface area contributed by atoms with E-state index in [1.165, 1.54) is 101 Å². The highest BCUT2D eigenvalue weighted by atomic mass is 16.3. The predicted molar refractivity (Wildman–Crippen MR) is 312 cm³/mol. The number of allylic oxidation sites excluding steroid dienone is 7. The number of hydrogen-bond donors (Lipinski definition) is 0. The Labute approximate surface area is 416 Å². The van der Waals surface area contributed by atoms with Gasteiger partial charge in [0.15, 0.2) is 0 Å². The van der Waals surface area contributed by atoms with Crippen molar-refractivity contribution >= 4 is 63.0 Å². The van der Waals surface area contributed by atoms with E-state index < -0.39 is 0 Å². The summed E-state index contributed by atoms with van der Waals surface area (Å²) >= 11 is 0. The lowest BCUT2D eigenvalue weighted by atomic mass is 9.98. The van der Waals surface area contributed by atoms with Crippen molar-refractivity contribution in [3.8, 4) is 16.8 Å². The van der Waals surface area contributed by atoms with E-state index in [1.807, 2.05) is 32.9 Å². The van der Waals surface area contributed by atoms with E-state index in [4.69, 9.17) is 4.42 Å². The second kappa shape index (κ2) is 29.1. The van der Waals surface area contributed by atoms with Crippen molar-refractivity contribution in [2.24, 2.45) is 0 Å². The Morgan fingerprint density at radius 3 is 1.87 bits per heavy atom. The molecule has 9 rings (SSSR count). The number of aryl methyl sites for hydroxylation is 2. The van der Waals surface area contributed by atoms with Gasteiger partial charge in [-0.3, -0.25) is 0 Å². The molecule has 0 unspecified atom stereocenters. The van der Waals surface area contributed by atoms with Gasteiger partial charge >= 0.3 is 0 Å². The highest BCUT2D eigenvalue weighted by Gasteiger charge is 2.18. The topological polar surface area (TPSA) is 18.1 Å². The molecule has 0 spiro atoms. The summed E-state index contributed by atoms with van der Waals surface area (Å²) in [6, 6.07) is 45.8. The van der Waals surface area contributed by atoms with Crippen molar-refractivity contribution in [3.05, 3.63) is 214 Å². The van der Waals surface area contributed by atoms with Crippen molar-refractivity contribution in [3.63, 3.8) is 0 Å². The largest absolute Gasteiger partial charge is 0.456 e. The van der Waals surface area contributed by atoms with Gasteiger partial charge in [0.1, 0.15) is 11.5 Å². The van der Waals surface area contributed by atoms with Crippen LogP contribution in [-0.2, 0) is 6.42 Å². The monoisotopic (exact) mass is 914 g/mol. The minimum absolute atomic E-state index is 0.942. The van der Waals surface area contributed by atoms with Crippen molar-refractivity contribution in [1.82, 2.24) is 4.57 Å². The number of fused-ring (bicyclic) bond motifs is 5. The summed E-state index contributed by atoms with van der Waals surface area (Å²) in [5, 5.41) is 5.14. The SMILES string of the molecule is C/C=C/c1c(/C=C\c2ccc3ccccc3c2)oc2c1CCC=C2.C/C=C\C=C(C)C.C/C=C\c1c(C)ccc2c1c1cc(-c3ccc(C)cc3)ccc1n2-c1ccccc1.CC.CCC.CCC. The smallest absolute Gasteiger partial charge is 0.135 e. The standard InChI is InChI=1S/C29H25N.C23H20O.C7H12.2C3H8.C2H6/c1-4-8-25-21(3)13-17-28-29(25)26-19-23(22-14-11-20(2)12-15-22)16-18-27(26)30(28)24-9-6-5-7-10-24;1-2-7-20-21-10-5-6-11-22(21)24-23(20)15-13-17-12-14-18-8-3-4-9-19(18)16-17;1-4-5-6-7(2)3;2*1-3-2;1-2/h4-19H,1-3H3;2-4,6-9,11-16H,5,10H2,1H3;4-6H,1-3H3;2*3H2,1-2H3;1-2H3/b8-4-;7-2+,15-13-;5-4-;;;. The van der Waals surface area contributed by atoms with Gasteiger partial charge in [-0.15, -0.1) is 0 Å². The van der Waals surface area contributed by atoms with E-state index >= 15 is 0 Å². The molecule has 2 nitrogen and oxygen atoms in total. The van der Waals surface area contributed by atoms with Crippen LogP contribution in [0.25, 0.3) is 79.8 Å². The molecule has 0 atom stereocenters. The fraction of sp³-hybridized carbons (Fsp3) is 0.254. The summed E-state index contributed by atoms with van der Waals surface area (Å²) < 4.78 is 8.46. The lowest BCUT2D eigenvalue weighted by Crippen LogP contribution is -1.93. The summed E-state index contributed by atoms with van der Waals surface area (Å²) in [7, 11) is 0. The lowest BCUT2D eigenvalue weighted by Gasteiger charge is -2.09. The second-order valence-electron chi connectivity index (χ2n) is 17.2. The summed E-state index contributed by atoms with van der Waals surface area (Å²) in [5.74, 6) is 1.95. The number of hydrogen-bond acceptors (Lipinski definition) is 1. The molecule has 69 heavy (non-hydrogen) atoms. The van der Waals surface area contributed by atoms with Crippen LogP contribution in [0.5, 0.6) is 0 Å². The third-order valence-electron chi connectivity index (χ3n) is 11.0. The Balaban J connectivity index is 0.000000237. The first kappa shape index (κ1) is 54.7. The Kier molecular flexibility index (Phi) is 23.1. The third kappa shape index (κ3) is 15.0. The van der Waals surface area contributed by atoms with Crippen LogP contribution in [-0.4, -0.2) is 4.57 Å². The zero-order chi connectivity index (χ0) is 50.1. The molecule has 0 aliphatic heterocycles. The molecule has 6 aromatic carbocycles. The van der Waals surface area contributed by atoms with Crippen molar-refractivity contribution in [2.75, 3.05) is 0 Å². The normalized spacial score (nSPS) is 11.6. The Morgan fingerprint density at radius 1 is 0.609 bits per heavy atom. The van der Waals surface area contributed by atoms with E-state index in [0.29, 0.717) is 0 Å². The van der Waals surface area contributed by atoms with Crippen molar-refractivity contribution in [1.29, 1.82) is 0 Å². The van der Waals surface area contributed by atoms with Crippen LogP contribution in [0.4, 0.5) is 0 Å². The number of nitrogens with zero attached hydrogens (tertiary/aromatic N) is 1. The molecule has 2 heterocycles. The first-order chi connectivity index (χ1) is 33.6. The molecule has 1 aliphatic rings. The molecular formula is C67H79NO. The maximum absolute atomic E-state index is 6.07. The molecule has 0 fully saturated rings. The Hall–Kier alpha value is -6.90. The van der Waals surface area contributed by atoms with Crippen LogP contribution in [0.15, 0.2) is 174 Å². The average molecular weight is 914 g/mol. The molecule has 2 heteroatoms. The average Bonchev–Trinajstić information content (AvgIpc) is 3.90. The highest BCUT2D eigenvalue weighted by Crippen LogP contribution is 2.38. The zero-order valence-corrected chi connectivity index (χ0v) is 44.2. The lowest BCUT2D eigenvalue weighted by molar-refractivity contribution is 0.541. The van der Waals surface area contributed by atoms with Gasteiger partial charge < -0.3 is 8.98 Å². The second-order valence-corrected chi connectivity index (χ2v) is 17.2. The van der Waals surface area contributed by atoms with E-state index in [2.05, 4.69) is 256 Å².